The number of carbonyl (C=O) groups excluding carboxylic acids is 2. The highest BCUT2D eigenvalue weighted by molar-refractivity contribution is 6.21. The van der Waals surface area contributed by atoms with E-state index in [1.54, 1.807) is 24.3 Å². The monoisotopic (exact) mass is 273 g/mol. The minimum atomic E-state index is -0.150. The van der Waals surface area contributed by atoms with Crippen LogP contribution in [-0.4, -0.2) is 36.0 Å². The number of unbranched alkanes of at least 4 members (excludes halogenated alkanes) is 1. The SMILES string of the molecule is O=C1c2ccccc2C(=O)N1CCCCC1CCCO1. The van der Waals surface area contributed by atoms with E-state index in [1.165, 1.54) is 4.90 Å². The minimum Gasteiger partial charge on any atom is -0.378 e. The topological polar surface area (TPSA) is 46.6 Å². The Morgan fingerprint density at radius 1 is 1.10 bits per heavy atom. The second-order valence-electron chi connectivity index (χ2n) is 5.44. The summed E-state index contributed by atoms with van der Waals surface area (Å²) in [7, 11) is 0. The van der Waals surface area contributed by atoms with Gasteiger partial charge in [-0.2, -0.15) is 0 Å². The average Bonchev–Trinajstić information content (AvgIpc) is 3.06. The molecule has 2 amide bonds. The van der Waals surface area contributed by atoms with Gasteiger partial charge in [0.1, 0.15) is 0 Å². The summed E-state index contributed by atoms with van der Waals surface area (Å²) in [5.74, 6) is -0.301. The van der Waals surface area contributed by atoms with Gasteiger partial charge in [-0.1, -0.05) is 12.1 Å². The number of hydrogen-bond acceptors (Lipinski definition) is 3. The standard InChI is InChI=1S/C16H19NO3/c18-15-13-8-1-2-9-14(13)16(19)17(15)10-4-3-6-12-7-5-11-20-12/h1-2,8-9,12H,3-7,10-11H2. The van der Waals surface area contributed by atoms with Crippen molar-refractivity contribution in [3.8, 4) is 0 Å². The second-order valence-corrected chi connectivity index (χ2v) is 5.44. The first-order valence-corrected chi connectivity index (χ1v) is 7.34. The van der Waals surface area contributed by atoms with Gasteiger partial charge in [0.05, 0.1) is 17.2 Å². The highest BCUT2D eigenvalue weighted by Gasteiger charge is 2.34. The average molecular weight is 273 g/mol. The van der Waals surface area contributed by atoms with Crippen LogP contribution in [0.15, 0.2) is 24.3 Å². The Morgan fingerprint density at radius 3 is 2.40 bits per heavy atom. The van der Waals surface area contributed by atoms with E-state index < -0.39 is 0 Å². The first kappa shape index (κ1) is 13.3. The van der Waals surface area contributed by atoms with Crippen molar-refractivity contribution in [3.05, 3.63) is 35.4 Å². The molecular formula is C16H19NO3. The Morgan fingerprint density at radius 2 is 1.80 bits per heavy atom. The maximum Gasteiger partial charge on any atom is 0.261 e. The van der Waals surface area contributed by atoms with Crippen LogP contribution in [0.4, 0.5) is 0 Å². The molecule has 0 aliphatic carbocycles. The Hall–Kier alpha value is -1.68. The first-order chi connectivity index (χ1) is 9.77. The summed E-state index contributed by atoms with van der Waals surface area (Å²) in [5, 5.41) is 0. The molecule has 0 N–H and O–H groups in total. The Kier molecular flexibility index (Phi) is 3.83. The van der Waals surface area contributed by atoms with Crippen LogP contribution in [-0.2, 0) is 4.74 Å². The van der Waals surface area contributed by atoms with Crippen LogP contribution in [0, 0.1) is 0 Å². The number of fused-ring (bicyclic) bond motifs is 1. The molecule has 0 bridgehead atoms. The number of ether oxygens (including phenoxy) is 1. The predicted molar refractivity (Wildman–Crippen MR) is 74.6 cm³/mol. The van der Waals surface area contributed by atoms with E-state index >= 15 is 0 Å². The van der Waals surface area contributed by atoms with E-state index in [-0.39, 0.29) is 11.8 Å². The van der Waals surface area contributed by atoms with Crippen molar-refractivity contribution in [3.63, 3.8) is 0 Å². The third-order valence-electron chi connectivity index (χ3n) is 4.06. The minimum absolute atomic E-state index is 0.150. The van der Waals surface area contributed by atoms with Crippen molar-refractivity contribution in [1.82, 2.24) is 4.90 Å². The van der Waals surface area contributed by atoms with E-state index in [0.717, 1.165) is 38.7 Å². The summed E-state index contributed by atoms with van der Waals surface area (Å²) in [6.45, 7) is 1.39. The maximum absolute atomic E-state index is 12.1. The number of nitrogens with zero attached hydrogens (tertiary/aromatic N) is 1. The lowest BCUT2D eigenvalue weighted by Crippen LogP contribution is -2.30. The molecule has 1 saturated heterocycles. The van der Waals surface area contributed by atoms with Crippen molar-refractivity contribution in [1.29, 1.82) is 0 Å². The van der Waals surface area contributed by atoms with Gasteiger partial charge >= 0.3 is 0 Å². The molecule has 2 aliphatic heterocycles. The molecule has 1 aromatic carbocycles. The van der Waals surface area contributed by atoms with Crippen LogP contribution in [0.25, 0.3) is 0 Å². The first-order valence-electron chi connectivity index (χ1n) is 7.34. The van der Waals surface area contributed by atoms with Crippen LogP contribution < -0.4 is 0 Å². The summed E-state index contributed by atoms with van der Waals surface area (Å²) in [6, 6.07) is 7.04. The van der Waals surface area contributed by atoms with E-state index in [0.29, 0.717) is 23.8 Å². The second kappa shape index (κ2) is 5.75. The van der Waals surface area contributed by atoms with Gasteiger partial charge in [-0.3, -0.25) is 14.5 Å². The van der Waals surface area contributed by atoms with Gasteiger partial charge in [0.2, 0.25) is 0 Å². The molecule has 2 heterocycles. The summed E-state index contributed by atoms with van der Waals surface area (Å²) in [6.07, 6.45) is 5.57. The molecule has 1 unspecified atom stereocenters. The zero-order chi connectivity index (χ0) is 13.9. The van der Waals surface area contributed by atoms with Crippen molar-refractivity contribution in [2.45, 2.75) is 38.2 Å². The summed E-state index contributed by atoms with van der Waals surface area (Å²) >= 11 is 0. The highest BCUT2D eigenvalue weighted by atomic mass is 16.5. The molecule has 20 heavy (non-hydrogen) atoms. The fraction of sp³-hybridized carbons (Fsp3) is 0.500. The van der Waals surface area contributed by atoms with Gasteiger partial charge < -0.3 is 4.74 Å². The van der Waals surface area contributed by atoms with Crippen molar-refractivity contribution >= 4 is 11.8 Å². The van der Waals surface area contributed by atoms with Crippen molar-refractivity contribution < 1.29 is 14.3 Å². The maximum atomic E-state index is 12.1. The summed E-state index contributed by atoms with van der Waals surface area (Å²) < 4.78 is 5.57. The quantitative estimate of drug-likeness (QED) is 0.612. The number of benzene rings is 1. The summed E-state index contributed by atoms with van der Waals surface area (Å²) in [4.78, 5) is 25.7. The third kappa shape index (κ3) is 2.48. The molecule has 4 nitrogen and oxygen atoms in total. The Labute approximate surface area is 118 Å². The van der Waals surface area contributed by atoms with Crippen LogP contribution >= 0.6 is 0 Å². The largest absolute Gasteiger partial charge is 0.378 e. The molecule has 4 heteroatoms. The molecular weight excluding hydrogens is 254 g/mol. The predicted octanol–water partition coefficient (Wildman–Crippen LogP) is 2.63. The third-order valence-corrected chi connectivity index (χ3v) is 4.06. The lowest BCUT2D eigenvalue weighted by Gasteiger charge is -2.14. The fourth-order valence-electron chi connectivity index (χ4n) is 2.96. The molecule has 1 aromatic rings. The molecule has 1 atom stereocenters. The van der Waals surface area contributed by atoms with E-state index in [1.807, 2.05) is 0 Å². The van der Waals surface area contributed by atoms with E-state index in [4.69, 9.17) is 4.74 Å². The molecule has 106 valence electrons. The number of carbonyl (C=O) groups is 2. The van der Waals surface area contributed by atoms with Crippen LogP contribution in [0.2, 0.25) is 0 Å². The molecule has 0 radical (unpaired) electrons. The van der Waals surface area contributed by atoms with Gasteiger partial charge in [-0.15, -0.1) is 0 Å². The Balaban J connectivity index is 1.51. The van der Waals surface area contributed by atoms with Gasteiger partial charge in [0.25, 0.3) is 11.8 Å². The van der Waals surface area contributed by atoms with E-state index in [2.05, 4.69) is 0 Å². The smallest absolute Gasteiger partial charge is 0.261 e. The van der Waals surface area contributed by atoms with Crippen LogP contribution in [0.1, 0.15) is 52.8 Å². The zero-order valence-corrected chi connectivity index (χ0v) is 11.5. The number of amides is 2. The number of hydrogen-bond donors (Lipinski definition) is 0. The molecule has 0 saturated carbocycles. The van der Waals surface area contributed by atoms with Gasteiger partial charge in [-0.25, -0.2) is 0 Å². The van der Waals surface area contributed by atoms with Gasteiger partial charge in [-0.05, 0) is 44.2 Å². The molecule has 0 spiro atoms. The molecule has 1 fully saturated rings. The Bertz CT molecular complexity index is 485. The number of imide groups is 1. The zero-order valence-electron chi connectivity index (χ0n) is 11.5. The molecule has 2 aliphatic rings. The van der Waals surface area contributed by atoms with Gasteiger partial charge in [0, 0.05) is 13.2 Å². The molecule has 3 rings (SSSR count). The van der Waals surface area contributed by atoms with E-state index in [9.17, 15) is 9.59 Å². The fourth-order valence-corrected chi connectivity index (χ4v) is 2.96. The lowest BCUT2D eigenvalue weighted by molar-refractivity contribution is 0.0647. The van der Waals surface area contributed by atoms with Crippen LogP contribution in [0.5, 0.6) is 0 Å². The van der Waals surface area contributed by atoms with Gasteiger partial charge in [0.15, 0.2) is 0 Å². The van der Waals surface area contributed by atoms with Crippen molar-refractivity contribution in [2.24, 2.45) is 0 Å². The number of rotatable bonds is 5. The van der Waals surface area contributed by atoms with Crippen molar-refractivity contribution in [2.75, 3.05) is 13.2 Å². The summed E-state index contributed by atoms with van der Waals surface area (Å²) in [5.41, 5.74) is 1.08. The molecule has 0 aromatic heterocycles. The van der Waals surface area contributed by atoms with Crippen LogP contribution in [0.3, 0.4) is 0 Å². The normalized spacial score (nSPS) is 21.6. The lowest BCUT2D eigenvalue weighted by atomic mass is 10.1. The highest BCUT2D eigenvalue weighted by Crippen LogP contribution is 2.23.